The van der Waals surface area contributed by atoms with Crippen molar-refractivity contribution in [1.82, 2.24) is 10.2 Å². The molecule has 2 saturated heterocycles. The third kappa shape index (κ3) is 1.07. The van der Waals surface area contributed by atoms with Gasteiger partial charge in [-0.25, -0.2) is 4.79 Å². The van der Waals surface area contributed by atoms with Gasteiger partial charge in [-0.15, -0.1) is 0 Å². The Morgan fingerprint density at radius 2 is 2.45 bits per heavy atom. The molecule has 0 unspecified atom stereocenters. The van der Waals surface area contributed by atoms with Gasteiger partial charge < -0.3 is 15.3 Å². The molecule has 0 aromatic heterocycles. The van der Waals surface area contributed by atoms with E-state index >= 15 is 0 Å². The van der Waals surface area contributed by atoms with Crippen LogP contribution in [0.3, 0.4) is 0 Å². The van der Waals surface area contributed by atoms with E-state index in [2.05, 4.69) is 5.32 Å². The lowest BCUT2D eigenvalue weighted by atomic mass is 9.85. The molecule has 2 heterocycles. The molecule has 4 heteroatoms. The van der Waals surface area contributed by atoms with Crippen molar-refractivity contribution >= 4 is 6.09 Å². The maximum atomic E-state index is 10.5. The van der Waals surface area contributed by atoms with Gasteiger partial charge in [-0.1, -0.05) is 0 Å². The van der Waals surface area contributed by atoms with Gasteiger partial charge in [0.05, 0.1) is 0 Å². The topological polar surface area (TPSA) is 52.6 Å². The summed E-state index contributed by atoms with van der Waals surface area (Å²) in [5.41, 5.74) is 0. The summed E-state index contributed by atoms with van der Waals surface area (Å²) >= 11 is 0. The number of nitrogens with one attached hydrogen (secondary N) is 1. The predicted molar refractivity (Wildman–Crippen MR) is 39.5 cm³/mol. The van der Waals surface area contributed by atoms with Crippen molar-refractivity contribution in [2.24, 2.45) is 5.92 Å². The Morgan fingerprint density at radius 1 is 1.64 bits per heavy atom. The van der Waals surface area contributed by atoms with Crippen LogP contribution in [-0.2, 0) is 0 Å². The average molecular weight is 156 g/mol. The number of piperidine rings is 1. The van der Waals surface area contributed by atoms with E-state index in [1.807, 2.05) is 0 Å². The van der Waals surface area contributed by atoms with Crippen LogP contribution in [0.15, 0.2) is 0 Å². The minimum atomic E-state index is -0.780. The van der Waals surface area contributed by atoms with Crippen LogP contribution in [0.4, 0.5) is 4.79 Å². The number of hydrogen-bond acceptors (Lipinski definition) is 2. The van der Waals surface area contributed by atoms with Crippen LogP contribution in [0.5, 0.6) is 0 Å². The lowest BCUT2D eigenvalue weighted by molar-refractivity contribution is 0.0765. The molecule has 0 spiro atoms. The van der Waals surface area contributed by atoms with Gasteiger partial charge in [0.15, 0.2) is 0 Å². The highest BCUT2D eigenvalue weighted by molar-refractivity contribution is 5.65. The molecule has 0 aromatic carbocycles. The zero-order valence-corrected chi connectivity index (χ0v) is 6.29. The van der Waals surface area contributed by atoms with E-state index < -0.39 is 6.09 Å². The molecule has 2 aliphatic rings. The quantitative estimate of drug-likeness (QED) is 0.517. The molecule has 2 fully saturated rings. The number of rotatable bonds is 0. The van der Waals surface area contributed by atoms with Gasteiger partial charge in [0.2, 0.25) is 0 Å². The first kappa shape index (κ1) is 6.91. The summed E-state index contributed by atoms with van der Waals surface area (Å²) in [6.07, 6.45) is 0.251. The maximum absolute atomic E-state index is 10.5. The first-order valence-corrected chi connectivity index (χ1v) is 3.98. The molecule has 11 heavy (non-hydrogen) atoms. The fourth-order valence-electron chi connectivity index (χ4n) is 1.79. The van der Waals surface area contributed by atoms with Crippen LogP contribution in [0.1, 0.15) is 6.42 Å². The summed E-state index contributed by atoms with van der Waals surface area (Å²) in [6, 6.07) is 0.444. The van der Waals surface area contributed by atoms with Crippen LogP contribution in [-0.4, -0.2) is 41.8 Å². The van der Waals surface area contributed by atoms with E-state index in [9.17, 15) is 4.79 Å². The predicted octanol–water partition coefficient (Wildman–Crippen LogP) is -0.0419. The second-order valence-corrected chi connectivity index (χ2v) is 3.29. The summed E-state index contributed by atoms with van der Waals surface area (Å²) < 4.78 is 0. The normalized spacial score (nSPS) is 35.8. The molecule has 0 bridgehead atoms. The van der Waals surface area contributed by atoms with Gasteiger partial charge in [0.25, 0.3) is 0 Å². The van der Waals surface area contributed by atoms with Crippen LogP contribution in [0.2, 0.25) is 0 Å². The SMILES string of the molecule is O=C(O)N1CC[C@@H]2CN[C@@H]2C1. The van der Waals surface area contributed by atoms with E-state index in [1.54, 1.807) is 0 Å². The Kier molecular flexibility index (Phi) is 1.49. The Labute approximate surface area is 65.2 Å². The molecule has 62 valence electrons. The zero-order chi connectivity index (χ0) is 7.84. The van der Waals surface area contributed by atoms with Crippen LogP contribution >= 0.6 is 0 Å². The molecule has 0 aliphatic carbocycles. The summed E-state index contributed by atoms with van der Waals surface area (Å²) in [6.45, 7) is 2.48. The smallest absolute Gasteiger partial charge is 0.407 e. The molecule has 2 atom stereocenters. The van der Waals surface area contributed by atoms with E-state index in [1.165, 1.54) is 4.90 Å². The average Bonchev–Trinajstić information content (AvgIpc) is 1.91. The molecule has 0 saturated carbocycles. The fraction of sp³-hybridized carbons (Fsp3) is 0.857. The van der Waals surface area contributed by atoms with Gasteiger partial charge in [-0.2, -0.15) is 0 Å². The van der Waals surface area contributed by atoms with Crippen molar-refractivity contribution in [3.05, 3.63) is 0 Å². The van der Waals surface area contributed by atoms with Crippen molar-refractivity contribution in [1.29, 1.82) is 0 Å². The molecule has 4 nitrogen and oxygen atoms in total. The highest BCUT2D eigenvalue weighted by Crippen LogP contribution is 2.23. The Bertz CT molecular complexity index is 183. The molecule has 2 N–H and O–H groups in total. The number of amides is 1. The van der Waals surface area contributed by atoms with Crippen molar-refractivity contribution in [3.63, 3.8) is 0 Å². The molecule has 2 aliphatic heterocycles. The fourth-order valence-corrected chi connectivity index (χ4v) is 1.79. The Balaban J connectivity index is 1.93. The van der Waals surface area contributed by atoms with Gasteiger partial charge in [0, 0.05) is 19.1 Å². The molecule has 0 radical (unpaired) electrons. The summed E-state index contributed by atoms with van der Waals surface area (Å²) in [7, 11) is 0. The van der Waals surface area contributed by atoms with Crippen molar-refractivity contribution in [2.45, 2.75) is 12.5 Å². The zero-order valence-electron chi connectivity index (χ0n) is 6.29. The summed E-state index contributed by atoms with van der Waals surface area (Å²) in [5.74, 6) is 0.741. The second kappa shape index (κ2) is 2.37. The summed E-state index contributed by atoms with van der Waals surface area (Å²) in [5, 5.41) is 11.9. The van der Waals surface area contributed by atoms with Crippen molar-refractivity contribution in [3.8, 4) is 0 Å². The monoisotopic (exact) mass is 156 g/mol. The van der Waals surface area contributed by atoms with Crippen molar-refractivity contribution in [2.75, 3.05) is 19.6 Å². The number of carbonyl (C=O) groups is 1. The lowest BCUT2D eigenvalue weighted by Crippen LogP contribution is -2.62. The molecule has 0 aromatic rings. The van der Waals surface area contributed by atoms with Gasteiger partial charge in [-0.05, 0) is 18.9 Å². The van der Waals surface area contributed by atoms with Crippen LogP contribution < -0.4 is 5.32 Å². The third-order valence-corrected chi connectivity index (χ3v) is 2.67. The third-order valence-electron chi connectivity index (χ3n) is 2.67. The number of likely N-dealkylation sites (tertiary alicyclic amines) is 1. The minimum absolute atomic E-state index is 0.444. The molecule has 1 amide bonds. The first-order chi connectivity index (χ1) is 5.27. The Hall–Kier alpha value is -0.770. The van der Waals surface area contributed by atoms with Crippen molar-refractivity contribution < 1.29 is 9.90 Å². The van der Waals surface area contributed by atoms with Gasteiger partial charge in [-0.3, -0.25) is 0 Å². The first-order valence-electron chi connectivity index (χ1n) is 3.98. The van der Waals surface area contributed by atoms with Gasteiger partial charge >= 0.3 is 6.09 Å². The highest BCUT2D eigenvalue weighted by Gasteiger charge is 2.36. The standard InChI is InChI=1S/C7H12N2O2/c10-7(11)9-2-1-5-3-8-6(5)4-9/h5-6,8H,1-4H2,(H,10,11)/t5-,6-/m1/s1. The molecular weight excluding hydrogens is 144 g/mol. The number of carboxylic acid groups (broad SMARTS) is 1. The van der Waals surface area contributed by atoms with Gasteiger partial charge in [0.1, 0.15) is 0 Å². The minimum Gasteiger partial charge on any atom is -0.465 e. The highest BCUT2D eigenvalue weighted by atomic mass is 16.4. The van der Waals surface area contributed by atoms with E-state index in [-0.39, 0.29) is 0 Å². The number of hydrogen-bond donors (Lipinski definition) is 2. The molecule has 2 rings (SSSR count). The van der Waals surface area contributed by atoms with E-state index in [4.69, 9.17) is 5.11 Å². The maximum Gasteiger partial charge on any atom is 0.407 e. The van der Waals surface area contributed by atoms with Crippen LogP contribution in [0.25, 0.3) is 0 Å². The van der Waals surface area contributed by atoms with E-state index in [0.717, 1.165) is 25.4 Å². The number of fused-ring (bicyclic) bond motifs is 1. The van der Waals surface area contributed by atoms with Crippen LogP contribution in [0, 0.1) is 5.92 Å². The largest absolute Gasteiger partial charge is 0.465 e. The molecular formula is C7H12N2O2. The van der Waals surface area contributed by atoms with E-state index in [0.29, 0.717) is 12.6 Å². The second-order valence-electron chi connectivity index (χ2n) is 3.29. The number of nitrogens with zero attached hydrogens (tertiary/aromatic N) is 1. The summed E-state index contributed by atoms with van der Waals surface area (Å²) in [4.78, 5) is 12.0. The lowest BCUT2D eigenvalue weighted by Gasteiger charge is -2.45. The Morgan fingerprint density at radius 3 is 2.91 bits per heavy atom.